The molecule has 2 aromatic rings. The highest BCUT2D eigenvalue weighted by Crippen LogP contribution is 2.14. The van der Waals surface area contributed by atoms with Gasteiger partial charge in [-0.3, -0.25) is 10.1 Å². The predicted octanol–water partition coefficient (Wildman–Crippen LogP) is 2.10. The summed E-state index contributed by atoms with van der Waals surface area (Å²) >= 11 is 1.59. The van der Waals surface area contributed by atoms with Gasteiger partial charge in [-0.1, -0.05) is 0 Å². The van der Waals surface area contributed by atoms with Crippen molar-refractivity contribution in [2.24, 2.45) is 0 Å². The van der Waals surface area contributed by atoms with Gasteiger partial charge in [-0.2, -0.15) is 0 Å². The summed E-state index contributed by atoms with van der Waals surface area (Å²) in [5.74, 6) is 0.510. The molecular weight excluding hydrogens is 240 g/mol. The zero-order chi connectivity index (χ0) is 12.1. The minimum atomic E-state index is -0.437. The van der Waals surface area contributed by atoms with E-state index in [4.69, 9.17) is 0 Å². The number of hydrogen-bond donors (Lipinski definition) is 1. The Labute approximate surface area is 102 Å². The molecule has 0 radical (unpaired) electrons. The van der Waals surface area contributed by atoms with Gasteiger partial charge in [-0.05, 0) is 0 Å². The van der Waals surface area contributed by atoms with Crippen molar-refractivity contribution in [2.75, 3.05) is 11.9 Å². The minimum Gasteiger partial charge on any atom is -0.369 e. The van der Waals surface area contributed by atoms with Crippen molar-refractivity contribution in [3.05, 3.63) is 45.0 Å². The van der Waals surface area contributed by atoms with Crippen LogP contribution >= 0.6 is 11.3 Å². The first-order chi connectivity index (χ1) is 8.25. The third-order valence-corrected chi connectivity index (χ3v) is 2.92. The summed E-state index contributed by atoms with van der Waals surface area (Å²) in [7, 11) is 0. The third-order valence-electron chi connectivity index (χ3n) is 2.08. The van der Waals surface area contributed by atoms with Gasteiger partial charge in [0.1, 0.15) is 5.82 Å². The molecule has 88 valence electrons. The molecule has 6 nitrogen and oxygen atoms in total. The molecule has 1 N–H and O–H groups in total. The average molecular weight is 250 g/mol. The number of rotatable bonds is 5. The van der Waals surface area contributed by atoms with Crippen LogP contribution in [0.1, 0.15) is 5.01 Å². The first kappa shape index (κ1) is 11.5. The number of hydrogen-bond acceptors (Lipinski definition) is 6. The lowest BCUT2D eigenvalue weighted by molar-refractivity contribution is -0.384. The molecule has 0 aliphatic heterocycles. The topological polar surface area (TPSA) is 81.0 Å². The summed E-state index contributed by atoms with van der Waals surface area (Å²) < 4.78 is 0. The summed E-state index contributed by atoms with van der Waals surface area (Å²) in [6.07, 6.45) is 3.96. The second kappa shape index (κ2) is 5.35. The molecular formula is C10H10N4O2S. The van der Waals surface area contributed by atoms with Crippen LogP contribution in [0.15, 0.2) is 29.9 Å². The molecule has 0 spiro atoms. The van der Waals surface area contributed by atoms with Crippen molar-refractivity contribution in [1.82, 2.24) is 9.97 Å². The van der Waals surface area contributed by atoms with Gasteiger partial charge in [-0.15, -0.1) is 11.3 Å². The molecule has 0 bridgehead atoms. The van der Waals surface area contributed by atoms with Gasteiger partial charge in [0.25, 0.3) is 5.69 Å². The first-order valence-electron chi connectivity index (χ1n) is 4.98. The van der Waals surface area contributed by atoms with Crippen molar-refractivity contribution < 1.29 is 4.92 Å². The average Bonchev–Trinajstić information content (AvgIpc) is 2.82. The highest BCUT2D eigenvalue weighted by Gasteiger charge is 2.06. The van der Waals surface area contributed by atoms with Crippen molar-refractivity contribution in [3.63, 3.8) is 0 Å². The fourth-order valence-electron chi connectivity index (χ4n) is 1.30. The summed E-state index contributed by atoms with van der Waals surface area (Å²) in [6, 6.07) is 2.79. The van der Waals surface area contributed by atoms with E-state index in [1.165, 1.54) is 18.3 Å². The molecule has 17 heavy (non-hydrogen) atoms. The minimum absolute atomic E-state index is 0.0387. The fourth-order valence-corrected chi connectivity index (χ4v) is 1.92. The van der Waals surface area contributed by atoms with Crippen molar-refractivity contribution >= 4 is 22.8 Å². The van der Waals surface area contributed by atoms with Crippen LogP contribution in [0.4, 0.5) is 11.5 Å². The fraction of sp³-hybridized carbons (Fsp3) is 0.200. The monoisotopic (exact) mass is 250 g/mol. The van der Waals surface area contributed by atoms with Gasteiger partial charge in [0.15, 0.2) is 0 Å². The normalized spacial score (nSPS) is 10.1. The quantitative estimate of drug-likeness (QED) is 0.649. The Kier molecular flexibility index (Phi) is 3.61. The van der Waals surface area contributed by atoms with Crippen LogP contribution in [0.3, 0.4) is 0 Å². The van der Waals surface area contributed by atoms with E-state index in [0.717, 1.165) is 11.4 Å². The molecule has 2 aromatic heterocycles. The molecule has 0 aromatic carbocycles. The van der Waals surface area contributed by atoms with Crippen LogP contribution in [-0.2, 0) is 6.42 Å². The lowest BCUT2D eigenvalue weighted by Crippen LogP contribution is -2.06. The number of nitrogens with one attached hydrogen (secondary N) is 1. The van der Waals surface area contributed by atoms with E-state index in [1.54, 1.807) is 17.5 Å². The number of nitro groups is 1. The van der Waals surface area contributed by atoms with Crippen molar-refractivity contribution in [3.8, 4) is 0 Å². The molecule has 0 aliphatic carbocycles. The highest BCUT2D eigenvalue weighted by molar-refractivity contribution is 7.09. The van der Waals surface area contributed by atoms with Gasteiger partial charge in [0, 0.05) is 36.8 Å². The Morgan fingerprint density at radius 3 is 3.00 bits per heavy atom. The Hall–Kier alpha value is -2.02. The zero-order valence-corrected chi connectivity index (χ0v) is 9.68. The molecule has 2 heterocycles. The predicted molar refractivity (Wildman–Crippen MR) is 65.2 cm³/mol. The van der Waals surface area contributed by atoms with Gasteiger partial charge in [-0.25, -0.2) is 9.97 Å². The smallest absolute Gasteiger partial charge is 0.274 e. The maximum atomic E-state index is 10.6. The van der Waals surface area contributed by atoms with E-state index >= 15 is 0 Å². The van der Waals surface area contributed by atoms with Gasteiger partial charge >= 0.3 is 0 Å². The Morgan fingerprint density at radius 2 is 2.29 bits per heavy atom. The van der Waals surface area contributed by atoms with E-state index in [2.05, 4.69) is 15.3 Å². The molecule has 0 aliphatic rings. The third kappa shape index (κ3) is 3.22. The van der Waals surface area contributed by atoms with Crippen LogP contribution in [0.25, 0.3) is 0 Å². The lowest BCUT2D eigenvalue weighted by Gasteiger charge is -2.03. The number of pyridine rings is 1. The van der Waals surface area contributed by atoms with Crippen LogP contribution in [0, 0.1) is 10.1 Å². The number of anilines is 1. The van der Waals surface area contributed by atoms with Crippen molar-refractivity contribution in [1.29, 1.82) is 0 Å². The van der Waals surface area contributed by atoms with E-state index < -0.39 is 4.92 Å². The second-order valence-corrected chi connectivity index (χ2v) is 4.24. The Bertz CT molecular complexity index is 501. The Balaban J connectivity index is 1.90. The van der Waals surface area contributed by atoms with Crippen LogP contribution in [0.2, 0.25) is 0 Å². The molecule has 7 heteroatoms. The molecule has 0 saturated heterocycles. The molecule has 0 unspecified atom stereocenters. The Morgan fingerprint density at radius 1 is 1.41 bits per heavy atom. The largest absolute Gasteiger partial charge is 0.369 e. The molecule has 0 fully saturated rings. The van der Waals surface area contributed by atoms with Gasteiger partial charge < -0.3 is 5.32 Å². The molecule has 0 saturated carbocycles. The second-order valence-electron chi connectivity index (χ2n) is 3.26. The summed E-state index contributed by atoms with van der Waals surface area (Å²) in [5.41, 5.74) is 0.0387. The number of aromatic nitrogens is 2. The highest BCUT2D eigenvalue weighted by atomic mass is 32.1. The zero-order valence-electron chi connectivity index (χ0n) is 8.87. The van der Waals surface area contributed by atoms with E-state index in [-0.39, 0.29) is 5.69 Å². The van der Waals surface area contributed by atoms with Gasteiger partial charge in [0.05, 0.1) is 16.0 Å². The summed E-state index contributed by atoms with van der Waals surface area (Å²) in [6.45, 7) is 0.654. The molecule has 2 rings (SSSR count). The van der Waals surface area contributed by atoms with Crippen LogP contribution in [0.5, 0.6) is 0 Å². The number of nitrogens with zero attached hydrogens (tertiary/aromatic N) is 3. The van der Waals surface area contributed by atoms with E-state index in [0.29, 0.717) is 12.4 Å². The van der Waals surface area contributed by atoms with E-state index in [1.807, 2.05) is 5.38 Å². The maximum absolute atomic E-state index is 10.6. The van der Waals surface area contributed by atoms with Crippen LogP contribution < -0.4 is 5.32 Å². The summed E-state index contributed by atoms with van der Waals surface area (Å²) in [4.78, 5) is 18.3. The molecule has 0 amide bonds. The molecule has 0 atom stereocenters. The summed E-state index contributed by atoms with van der Waals surface area (Å²) in [5, 5.41) is 16.5. The number of thiazole rings is 1. The lowest BCUT2D eigenvalue weighted by atomic mass is 10.4. The van der Waals surface area contributed by atoms with E-state index in [9.17, 15) is 10.1 Å². The standard InChI is InChI=1S/C10H10N4O2S/c15-14(16)8-1-3-11-9(7-8)12-4-2-10-13-5-6-17-10/h1,3,5-7H,2,4H2,(H,11,12). The first-order valence-corrected chi connectivity index (χ1v) is 5.86. The maximum Gasteiger partial charge on any atom is 0.274 e. The SMILES string of the molecule is O=[N+]([O-])c1ccnc(NCCc2nccs2)c1. The van der Waals surface area contributed by atoms with Gasteiger partial charge in [0.2, 0.25) is 0 Å². The van der Waals surface area contributed by atoms with Crippen molar-refractivity contribution in [2.45, 2.75) is 6.42 Å². The van der Waals surface area contributed by atoms with Crippen LogP contribution in [-0.4, -0.2) is 21.4 Å².